The van der Waals surface area contributed by atoms with Crippen LogP contribution < -0.4 is 10.1 Å². The monoisotopic (exact) mass is 369 g/mol. The Balaban J connectivity index is 1.45. The van der Waals surface area contributed by atoms with Crippen molar-refractivity contribution >= 4 is 17.4 Å². The molecule has 2 heterocycles. The lowest BCUT2D eigenvalue weighted by Crippen LogP contribution is -2.16. The van der Waals surface area contributed by atoms with Crippen LogP contribution in [0.4, 0.5) is 5.69 Å². The lowest BCUT2D eigenvalue weighted by atomic mass is 9.94. The molecule has 142 valence electrons. The van der Waals surface area contributed by atoms with Gasteiger partial charge in [-0.15, -0.1) is 0 Å². The number of ether oxygens (including phenoxy) is 2. The molecule has 1 amide bonds. The molecule has 4 rings (SSSR count). The van der Waals surface area contributed by atoms with Crippen LogP contribution in [0.2, 0.25) is 0 Å². The van der Waals surface area contributed by atoms with E-state index < -0.39 is 0 Å². The average molecular weight is 369 g/mol. The van der Waals surface area contributed by atoms with Crippen LogP contribution in [0.5, 0.6) is 5.75 Å². The van der Waals surface area contributed by atoms with Crippen molar-refractivity contribution in [1.29, 1.82) is 0 Å². The summed E-state index contributed by atoms with van der Waals surface area (Å²) in [5, 5.41) is 2.84. The van der Waals surface area contributed by atoms with Gasteiger partial charge in [0.15, 0.2) is 11.5 Å². The van der Waals surface area contributed by atoms with Gasteiger partial charge in [0.2, 0.25) is 0 Å². The lowest BCUT2D eigenvalue weighted by molar-refractivity contribution is 0.0679. The van der Waals surface area contributed by atoms with Gasteiger partial charge >= 0.3 is 0 Å². The number of nitrogens with one attached hydrogen (secondary N) is 1. The average Bonchev–Trinajstić information content (AvgIpc) is 3.29. The van der Waals surface area contributed by atoms with Crippen molar-refractivity contribution in [2.75, 3.05) is 18.5 Å². The second kappa shape index (κ2) is 7.56. The van der Waals surface area contributed by atoms with E-state index in [4.69, 9.17) is 13.9 Å². The highest BCUT2D eigenvalue weighted by molar-refractivity contribution is 6.07. The first-order valence-corrected chi connectivity index (χ1v) is 9.43. The molecule has 1 fully saturated rings. The highest BCUT2D eigenvalue weighted by Crippen LogP contribution is 2.30. The lowest BCUT2D eigenvalue weighted by Gasteiger charge is -2.12. The Kier molecular flexibility index (Phi) is 4.99. The highest BCUT2D eigenvalue weighted by atomic mass is 16.5. The van der Waals surface area contributed by atoms with Gasteiger partial charge in [-0.25, -0.2) is 0 Å². The molecule has 2 aromatic rings. The van der Waals surface area contributed by atoms with E-state index in [1.54, 1.807) is 19.1 Å². The van der Waals surface area contributed by atoms with E-state index >= 15 is 0 Å². The fourth-order valence-electron chi connectivity index (χ4n) is 3.68. The first-order valence-electron chi connectivity index (χ1n) is 9.43. The number of anilines is 1. The molecule has 1 aromatic carbocycles. The Morgan fingerprint density at radius 1 is 1.30 bits per heavy atom. The summed E-state index contributed by atoms with van der Waals surface area (Å²) in [7, 11) is 0. The fraction of sp³-hybridized carbons (Fsp3) is 0.429. The van der Waals surface area contributed by atoms with E-state index in [0.717, 1.165) is 25.9 Å². The molecule has 1 N–H and O–H groups in total. The van der Waals surface area contributed by atoms with Crippen LogP contribution in [0.15, 0.2) is 28.7 Å². The fourth-order valence-corrected chi connectivity index (χ4v) is 3.68. The molecule has 1 aromatic heterocycles. The number of rotatable bonds is 5. The van der Waals surface area contributed by atoms with Crippen LogP contribution in [-0.4, -0.2) is 31.0 Å². The minimum atomic E-state index is -0.356. The third-order valence-electron chi connectivity index (χ3n) is 5.06. The largest absolute Gasteiger partial charge is 0.491 e. The second-order valence-corrected chi connectivity index (χ2v) is 7.06. The molecule has 0 spiro atoms. The Bertz CT molecular complexity index is 863. The molecular formula is C21H23NO5. The van der Waals surface area contributed by atoms with Gasteiger partial charge in [-0.05, 0) is 38.3 Å². The number of aryl methyl sites for hydroxylation is 1. The van der Waals surface area contributed by atoms with Crippen LogP contribution >= 0.6 is 0 Å². The molecular weight excluding hydrogens is 346 g/mol. The number of hydrogen-bond acceptors (Lipinski definition) is 5. The van der Waals surface area contributed by atoms with Crippen LogP contribution in [-0.2, 0) is 11.2 Å². The molecule has 27 heavy (non-hydrogen) atoms. The van der Waals surface area contributed by atoms with Crippen LogP contribution in [0.3, 0.4) is 0 Å². The van der Waals surface area contributed by atoms with E-state index in [1.807, 2.05) is 12.1 Å². The van der Waals surface area contributed by atoms with E-state index in [2.05, 4.69) is 5.32 Å². The predicted octanol–water partition coefficient (Wildman–Crippen LogP) is 3.92. The molecule has 0 saturated carbocycles. The Morgan fingerprint density at radius 3 is 2.96 bits per heavy atom. The normalized spacial score (nSPS) is 19.0. The Morgan fingerprint density at radius 2 is 2.19 bits per heavy atom. The topological polar surface area (TPSA) is 77.8 Å². The van der Waals surface area contributed by atoms with Crippen LogP contribution in [0.25, 0.3) is 0 Å². The number of ketones is 1. The quantitative estimate of drug-likeness (QED) is 0.864. The summed E-state index contributed by atoms with van der Waals surface area (Å²) < 4.78 is 17.0. The number of furan rings is 1. The highest BCUT2D eigenvalue weighted by Gasteiger charge is 2.28. The van der Waals surface area contributed by atoms with Crippen molar-refractivity contribution in [1.82, 2.24) is 0 Å². The number of hydrogen-bond donors (Lipinski definition) is 1. The molecule has 0 bridgehead atoms. The van der Waals surface area contributed by atoms with E-state index in [9.17, 15) is 9.59 Å². The van der Waals surface area contributed by atoms with Gasteiger partial charge in [0.25, 0.3) is 5.91 Å². The van der Waals surface area contributed by atoms with Crippen LogP contribution in [0, 0.1) is 6.92 Å². The van der Waals surface area contributed by atoms with Gasteiger partial charge in [-0.2, -0.15) is 0 Å². The zero-order valence-corrected chi connectivity index (χ0v) is 15.4. The summed E-state index contributed by atoms with van der Waals surface area (Å²) >= 11 is 0. The number of carbonyl (C=O) groups is 2. The first kappa shape index (κ1) is 17.8. The maximum Gasteiger partial charge on any atom is 0.291 e. The first-order chi connectivity index (χ1) is 13.1. The molecule has 6 heteroatoms. The summed E-state index contributed by atoms with van der Waals surface area (Å²) in [5.74, 6) is 1.21. The summed E-state index contributed by atoms with van der Waals surface area (Å²) in [5.41, 5.74) is 1.82. The van der Waals surface area contributed by atoms with Crippen molar-refractivity contribution in [2.45, 2.75) is 45.1 Å². The minimum absolute atomic E-state index is 0.0566. The predicted molar refractivity (Wildman–Crippen MR) is 99.6 cm³/mol. The Hall–Kier alpha value is -2.60. The van der Waals surface area contributed by atoms with Crippen LogP contribution in [0.1, 0.15) is 57.9 Å². The molecule has 1 aliphatic heterocycles. The van der Waals surface area contributed by atoms with Crippen molar-refractivity contribution in [3.8, 4) is 5.75 Å². The smallest absolute Gasteiger partial charge is 0.291 e. The maximum absolute atomic E-state index is 12.7. The molecule has 1 aliphatic carbocycles. The molecule has 0 radical (unpaired) electrons. The molecule has 0 unspecified atom stereocenters. The summed E-state index contributed by atoms with van der Waals surface area (Å²) in [6.07, 6.45) is 4.19. The SMILES string of the molecule is Cc1c(C(=O)Nc2cccc(OC[C@H]3CCCO3)c2)oc2c1C(=O)CCC2. The number of benzene rings is 1. The second-order valence-electron chi connectivity index (χ2n) is 7.06. The third kappa shape index (κ3) is 3.76. The van der Waals surface area contributed by atoms with Gasteiger partial charge < -0.3 is 19.2 Å². The van der Waals surface area contributed by atoms with Crippen molar-refractivity contribution in [3.63, 3.8) is 0 Å². The van der Waals surface area contributed by atoms with Gasteiger partial charge in [0.1, 0.15) is 18.1 Å². The molecule has 2 aliphatic rings. The van der Waals surface area contributed by atoms with Crippen molar-refractivity contribution < 1.29 is 23.5 Å². The maximum atomic E-state index is 12.7. The van der Waals surface area contributed by atoms with E-state index in [1.165, 1.54) is 0 Å². The standard InChI is InChI=1S/C21H23NO5/c1-13-19-17(23)8-3-9-18(19)27-20(13)21(24)22-14-5-2-6-15(11-14)26-12-16-7-4-10-25-16/h2,5-6,11,16H,3-4,7-10,12H2,1H3,(H,22,24)/t16-/m1/s1. The zero-order valence-electron chi connectivity index (χ0n) is 15.4. The van der Waals surface area contributed by atoms with Gasteiger partial charge in [0.05, 0.1) is 11.7 Å². The summed E-state index contributed by atoms with van der Waals surface area (Å²) in [4.78, 5) is 24.8. The summed E-state index contributed by atoms with van der Waals surface area (Å²) in [6, 6.07) is 7.24. The van der Waals surface area contributed by atoms with Gasteiger partial charge in [-0.3, -0.25) is 9.59 Å². The Labute approximate surface area is 157 Å². The van der Waals surface area contributed by atoms with E-state index in [0.29, 0.717) is 47.8 Å². The van der Waals surface area contributed by atoms with Crippen molar-refractivity contribution in [3.05, 3.63) is 46.9 Å². The van der Waals surface area contributed by atoms with Gasteiger partial charge in [0, 0.05) is 36.8 Å². The number of amides is 1. The molecule has 6 nitrogen and oxygen atoms in total. The number of fused-ring (bicyclic) bond motifs is 1. The number of Topliss-reactive ketones (excluding diaryl/α,β-unsaturated/α-hetero) is 1. The minimum Gasteiger partial charge on any atom is -0.491 e. The molecule has 1 saturated heterocycles. The third-order valence-corrected chi connectivity index (χ3v) is 5.06. The van der Waals surface area contributed by atoms with Gasteiger partial charge in [-0.1, -0.05) is 6.07 Å². The zero-order chi connectivity index (χ0) is 18.8. The number of carbonyl (C=O) groups excluding carboxylic acids is 2. The van der Waals surface area contributed by atoms with Crippen molar-refractivity contribution in [2.24, 2.45) is 0 Å². The summed E-state index contributed by atoms with van der Waals surface area (Å²) in [6.45, 7) is 3.06. The molecule has 1 atom stereocenters. The van der Waals surface area contributed by atoms with E-state index in [-0.39, 0.29) is 23.6 Å².